The lowest BCUT2D eigenvalue weighted by Gasteiger charge is -2.13. The van der Waals surface area contributed by atoms with Gasteiger partial charge in [-0.1, -0.05) is 31.2 Å². The van der Waals surface area contributed by atoms with Crippen molar-refractivity contribution in [1.29, 1.82) is 0 Å². The predicted molar refractivity (Wildman–Crippen MR) is 122 cm³/mol. The molecule has 2 aromatic heterocycles. The van der Waals surface area contributed by atoms with E-state index in [2.05, 4.69) is 17.3 Å². The zero-order valence-corrected chi connectivity index (χ0v) is 18.4. The highest BCUT2D eigenvalue weighted by Gasteiger charge is 2.18. The fourth-order valence-electron chi connectivity index (χ4n) is 3.87. The lowest BCUT2D eigenvalue weighted by Crippen LogP contribution is -2.32. The number of nitrogens with one attached hydrogen (secondary N) is 1. The summed E-state index contributed by atoms with van der Waals surface area (Å²) in [4.78, 5) is 25.6. The molecule has 0 aliphatic rings. The van der Waals surface area contributed by atoms with Crippen molar-refractivity contribution in [2.24, 2.45) is 0 Å². The van der Waals surface area contributed by atoms with E-state index in [1.54, 1.807) is 16.8 Å². The first-order chi connectivity index (χ1) is 15.4. The highest BCUT2D eigenvalue weighted by Crippen LogP contribution is 2.24. The molecule has 32 heavy (non-hydrogen) atoms. The number of nitrogens with zero attached hydrogens (tertiary/aromatic N) is 3. The maximum absolute atomic E-state index is 13.1. The molecule has 1 N–H and O–H groups in total. The molecule has 4 aromatic rings. The average Bonchev–Trinajstić information content (AvgIpc) is 3.13. The van der Waals surface area contributed by atoms with Gasteiger partial charge in [-0.15, -0.1) is 0 Å². The van der Waals surface area contributed by atoms with E-state index < -0.39 is 0 Å². The molecule has 6 nitrogen and oxygen atoms in total. The summed E-state index contributed by atoms with van der Waals surface area (Å²) in [6.07, 6.45) is 0.928. The molecule has 0 unspecified atom stereocenters. The van der Waals surface area contributed by atoms with Crippen molar-refractivity contribution in [1.82, 2.24) is 19.7 Å². The molecule has 0 atom stereocenters. The van der Waals surface area contributed by atoms with Crippen LogP contribution >= 0.6 is 0 Å². The number of carbonyl (C=O) groups excluding carboxylic acids is 1. The van der Waals surface area contributed by atoms with E-state index in [4.69, 9.17) is 0 Å². The molecule has 0 spiro atoms. The number of pyridine rings is 1. The third-order valence-electron chi connectivity index (χ3n) is 5.59. The quantitative estimate of drug-likeness (QED) is 0.504. The average molecular weight is 432 g/mol. The Balaban J connectivity index is 1.70. The van der Waals surface area contributed by atoms with Gasteiger partial charge in [0.2, 0.25) is 5.91 Å². The molecule has 0 aliphatic carbocycles. The molecule has 164 valence electrons. The number of hydrogen-bond acceptors (Lipinski definition) is 3. The normalized spacial score (nSPS) is 11.1. The third-order valence-corrected chi connectivity index (χ3v) is 5.59. The molecule has 0 radical (unpaired) electrons. The minimum atomic E-state index is -0.329. The Bertz CT molecular complexity index is 1340. The van der Waals surface area contributed by atoms with E-state index in [0.717, 1.165) is 34.3 Å². The smallest absolute Gasteiger partial charge is 0.252 e. The predicted octanol–water partition coefficient (Wildman–Crippen LogP) is 3.82. The molecule has 0 fully saturated rings. The fraction of sp³-hybridized carbons (Fsp3) is 0.240. The first-order valence-electron chi connectivity index (χ1n) is 10.6. The maximum atomic E-state index is 13.1. The number of hydrogen-bond donors (Lipinski definition) is 1. The summed E-state index contributed by atoms with van der Waals surface area (Å²) < 4.78 is 16.3. The molecule has 0 saturated carbocycles. The summed E-state index contributed by atoms with van der Waals surface area (Å²) in [5.74, 6) is -0.641. The van der Waals surface area contributed by atoms with E-state index in [1.807, 2.05) is 38.1 Å². The molecule has 4 rings (SSSR count). The van der Waals surface area contributed by atoms with Crippen molar-refractivity contribution >= 4 is 16.9 Å². The number of amides is 1. The van der Waals surface area contributed by atoms with Crippen molar-refractivity contribution in [3.63, 3.8) is 0 Å². The highest BCUT2D eigenvalue weighted by atomic mass is 19.1. The first-order valence-corrected chi connectivity index (χ1v) is 10.6. The van der Waals surface area contributed by atoms with Gasteiger partial charge in [-0.25, -0.2) is 9.07 Å². The second-order valence-electron chi connectivity index (χ2n) is 7.87. The second-order valence-corrected chi connectivity index (χ2v) is 7.87. The van der Waals surface area contributed by atoms with Gasteiger partial charge >= 0.3 is 0 Å². The van der Waals surface area contributed by atoms with Crippen molar-refractivity contribution in [2.45, 2.75) is 40.3 Å². The first kappa shape index (κ1) is 21.5. The van der Waals surface area contributed by atoms with Gasteiger partial charge in [0.25, 0.3) is 5.56 Å². The van der Waals surface area contributed by atoms with Crippen LogP contribution < -0.4 is 10.9 Å². The number of fused-ring (bicyclic) bond motifs is 1. The Labute approximate surface area is 185 Å². The Morgan fingerprint density at radius 1 is 1.03 bits per heavy atom. The number of benzene rings is 2. The molecule has 7 heteroatoms. The standard InChI is InChI=1S/C25H25FN4O2/c1-4-18-7-11-21(12-8-18)30-25-24(17(3)28-30)16(2)13-23(32)29(25)15-22(31)27-14-19-5-9-20(26)10-6-19/h5-13H,4,14-15H2,1-3H3,(H,27,31). The molecule has 2 aromatic carbocycles. The van der Waals surface area contributed by atoms with Gasteiger partial charge in [0, 0.05) is 18.0 Å². The van der Waals surface area contributed by atoms with Gasteiger partial charge in [0.1, 0.15) is 18.0 Å². The van der Waals surface area contributed by atoms with Crippen LogP contribution in [0, 0.1) is 19.7 Å². The number of aryl methyl sites for hydroxylation is 3. The maximum Gasteiger partial charge on any atom is 0.252 e. The van der Waals surface area contributed by atoms with Gasteiger partial charge in [-0.2, -0.15) is 5.10 Å². The third kappa shape index (κ3) is 4.19. The van der Waals surface area contributed by atoms with Crippen molar-refractivity contribution in [3.8, 4) is 5.69 Å². The van der Waals surface area contributed by atoms with Crippen molar-refractivity contribution in [3.05, 3.63) is 93.2 Å². The second kappa shape index (κ2) is 8.78. The van der Waals surface area contributed by atoms with E-state index >= 15 is 0 Å². The van der Waals surface area contributed by atoms with E-state index in [-0.39, 0.29) is 30.4 Å². The van der Waals surface area contributed by atoms with Crippen LogP contribution in [-0.2, 0) is 24.3 Å². The van der Waals surface area contributed by atoms with Gasteiger partial charge in [-0.3, -0.25) is 14.2 Å². The van der Waals surface area contributed by atoms with E-state index in [9.17, 15) is 14.0 Å². The Morgan fingerprint density at radius 3 is 2.34 bits per heavy atom. The number of carbonyl (C=O) groups is 1. The fourth-order valence-corrected chi connectivity index (χ4v) is 3.87. The zero-order valence-electron chi connectivity index (χ0n) is 18.4. The van der Waals surface area contributed by atoms with Crippen LogP contribution in [-0.4, -0.2) is 20.3 Å². The molecule has 2 heterocycles. The topological polar surface area (TPSA) is 68.9 Å². The van der Waals surface area contributed by atoms with Crippen LogP contribution in [0.15, 0.2) is 59.4 Å². The molecule has 0 aliphatic heterocycles. The van der Waals surface area contributed by atoms with Crippen molar-refractivity contribution in [2.75, 3.05) is 0 Å². The molecular weight excluding hydrogens is 407 g/mol. The minimum absolute atomic E-state index is 0.144. The molecule has 0 bridgehead atoms. The molecule has 0 saturated heterocycles. The summed E-state index contributed by atoms with van der Waals surface area (Å²) in [7, 11) is 0. The summed E-state index contributed by atoms with van der Waals surface area (Å²) in [6.45, 7) is 5.97. The summed E-state index contributed by atoms with van der Waals surface area (Å²) in [5, 5.41) is 8.34. The summed E-state index contributed by atoms with van der Waals surface area (Å²) >= 11 is 0. The molecule has 1 amide bonds. The van der Waals surface area contributed by atoms with Gasteiger partial charge < -0.3 is 5.32 Å². The van der Waals surface area contributed by atoms with Crippen molar-refractivity contribution < 1.29 is 9.18 Å². The van der Waals surface area contributed by atoms with Gasteiger partial charge in [0.05, 0.1) is 11.4 Å². The molecular formula is C25H25FN4O2. The van der Waals surface area contributed by atoms with Crippen LogP contribution in [0.25, 0.3) is 16.7 Å². The van der Waals surface area contributed by atoms with Gasteiger partial charge in [0.15, 0.2) is 0 Å². The monoisotopic (exact) mass is 432 g/mol. The highest BCUT2D eigenvalue weighted by molar-refractivity contribution is 5.85. The number of rotatable bonds is 6. The van der Waals surface area contributed by atoms with E-state index in [1.165, 1.54) is 28.3 Å². The van der Waals surface area contributed by atoms with Gasteiger partial charge in [-0.05, 0) is 61.2 Å². The summed E-state index contributed by atoms with van der Waals surface area (Å²) in [5.41, 5.74) is 4.74. The van der Waals surface area contributed by atoms with Crippen LogP contribution in [0.2, 0.25) is 0 Å². The zero-order chi connectivity index (χ0) is 22.8. The Hall–Kier alpha value is -3.74. The lowest BCUT2D eigenvalue weighted by molar-refractivity contribution is -0.121. The van der Waals surface area contributed by atoms with E-state index in [0.29, 0.717) is 5.65 Å². The summed E-state index contributed by atoms with van der Waals surface area (Å²) in [6, 6.07) is 15.5. The number of halogens is 1. The minimum Gasteiger partial charge on any atom is -0.350 e. The Kier molecular flexibility index (Phi) is 5.90. The van der Waals surface area contributed by atoms with Crippen LogP contribution in [0.1, 0.15) is 29.3 Å². The number of aromatic nitrogens is 3. The van der Waals surface area contributed by atoms with Crippen LogP contribution in [0.3, 0.4) is 0 Å². The largest absolute Gasteiger partial charge is 0.350 e. The lowest BCUT2D eigenvalue weighted by atomic mass is 10.1. The van der Waals surface area contributed by atoms with Crippen LogP contribution in [0.4, 0.5) is 4.39 Å². The van der Waals surface area contributed by atoms with Crippen LogP contribution in [0.5, 0.6) is 0 Å². The SMILES string of the molecule is CCc1ccc(-n2nc(C)c3c(C)cc(=O)n(CC(=O)NCc4ccc(F)cc4)c32)cc1. The Morgan fingerprint density at radius 2 is 1.69 bits per heavy atom.